The van der Waals surface area contributed by atoms with Gasteiger partial charge in [-0.1, -0.05) is 13.5 Å². The van der Waals surface area contributed by atoms with E-state index in [9.17, 15) is 5.21 Å². The summed E-state index contributed by atoms with van der Waals surface area (Å²) in [5.41, 5.74) is 0.153. The molecule has 0 aliphatic carbocycles. The Kier molecular flexibility index (Phi) is 2.72. The second-order valence-corrected chi connectivity index (χ2v) is 3.09. The third-order valence-corrected chi connectivity index (χ3v) is 1.95. The second-order valence-electron chi connectivity index (χ2n) is 3.09. The fraction of sp³-hybridized carbons (Fsp3) is 0.750. The SMILES string of the molecule is C=C(C)N([O-])OCC1(CC)CO1. The zero-order valence-corrected chi connectivity index (χ0v) is 7.50. The highest BCUT2D eigenvalue weighted by molar-refractivity contribution is 4.91. The molecule has 0 radical (unpaired) electrons. The zero-order chi connectivity index (χ0) is 9.19. The molecule has 1 saturated heterocycles. The van der Waals surface area contributed by atoms with Crippen molar-refractivity contribution in [2.45, 2.75) is 25.9 Å². The molecule has 1 atom stereocenters. The van der Waals surface area contributed by atoms with Gasteiger partial charge >= 0.3 is 0 Å². The van der Waals surface area contributed by atoms with Crippen molar-refractivity contribution in [3.63, 3.8) is 0 Å². The van der Waals surface area contributed by atoms with Crippen molar-refractivity contribution in [2.75, 3.05) is 13.2 Å². The van der Waals surface area contributed by atoms with E-state index in [1.54, 1.807) is 6.92 Å². The molecule has 12 heavy (non-hydrogen) atoms. The van der Waals surface area contributed by atoms with Crippen LogP contribution in [0.1, 0.15) is 20.3 Å². The molecule has 4 nitrogen and oxygen atoms in total. The molecule has 1 aliphatic rings. The topological polar surface area (TPSA) is 48.1 Å². The molecule has 1 unspecified atom stereocenters. The predicted molar refractivity (Wildman–Crippen MR) is 44.9 cm³/mol. The van der Waals surface area contributed by atoms with Gasteiger partial charge in [0.15, 0.2) is 0 Å². The number of epoxide rings is 1. The Labute approximate surface area is 72.3 Å². The molecule has 1 heterocycles. The van der Waals surface area contributed by atoms with Crippen molar-refractivity contribution in [1.82, 2.24) is 5.23 Å². The zero-order valence-electron chi connectivity index (χ0n) is 7.50. The lowest BCUT2D eigenvalue weighted by Gasteiger charge is -2.29. The lowest BCUT2D eigenvalue weighted by molar-refractivity contribution is -0.111. The van der Waals surface area contributed by atoms with E-state index in [2.05, 4.69) is 6.58 Å². The summed E-state index contributed by atoms with van der Waals surface area (Å²) in [5, 5.41) is 11.3. The van der Waals surface area contributed by atoms with Crippen LogP contribution in [-0.2, 0) is 9.57 Å². The average Bonchev–Trinajstić information content (AvgIpc) is 2.81. The highest BCUT2D eigenvalue weighted by atomic mass is 16.9. The highest BCUT2D eigenvalue weighted by Gasteiger charge is 2.43. The van der Waals surface area contributed by atoms with Gasteiger partial charge in [-0.3, -0.25) is 4.84 Å². The first-order valence-corrected chi connectivity index (χ1v) is 3.99. The summed E-state index contributed by atoms with van der Waals surface area (Å²) >= 11 is 0. The number of ether oxygens (including phenoxy) is 1. The van der Waals surface area contributed by atoms with Crippen molar-refractivity contribution in [2.24, 2.45) is 0 Å². The molecule has 0 bridgehead atoms. The molecule has 0 aromatic rings. The maximum Gasteiger partial charge on any atom is 0.117 e. The number of hydroxylamine groups is 2. The number of hydrogen-bond donors (Lipinski definition) is 0. The first-order chi connectivity index (χ1) is 5.59. The monoisotopic (exact) mass is 172 g/mol. The normalized spacial score (nSPS) is 26.9. The quantitative estimate of drug-likeness (QED) is 0.465. The second kappa shape index (κ2) is 3.43. The van der Waals surface area contributed by atoms with Crippen LogP contribution in [0.25, 0.3) is 0 Å². The lowest BCUT2D eigenvalue weighted by atomic mass is 10.1. The fourth-order valence-electron chi connectivity index (χ4n) is 0.778. The van der Waals surface area contributed by atoms with Crippen molar-refractivity contribution < 1.29 is 9.57 Å². The molecule has 0 saturated carbocycles. The van der Waals surface area contributed by atoms with Gasteiger partial charge < -0.3 is 15.2 Å². The van der Waals surface area contributed by atoms with Crippen LogP contribution in [-0.4, -0.2) is 24.0 Å². The van der Waals surface area contributed by atoms with E-state index in [4.69, 9.17) is 9.57 Å². The van der Waals surface area contributed by atoms with E-state index in [0.29, 0.717) is 24.1 Å². The van der Waals surface area contributed by atoms with Crippen LogP contribution in [0.2, 0.25) is 0 Å². The summed E-state index contributed by atoms with van der Waals surface area (Å²) in [6.07, 6.45) is 0.872. The minimum Gasteiger partial charge on any atom is -0.734 e. The number of nitrogens with zero attached hydrogens (tertiary/aromatic N) is 1. The lowest BCUT2D eigenvalue weighted by Crippen LogP contribution is -2.24. The molecule has 0 N–H and O–H groups in total. The van der Waals surface area contributed by atoms with Gasteiger partial charge in [0.25, 0.3) is 0 Å². The summed E-state index contributed by atoms with van der Waals surface area (Å²) in [7, 11) is 0. The van der Waals surface area contributed by atoms with Gasteiger partial charge in [0.05, 0.1) is 6.61 Å². The summed E-state index contributed by atoms with van der Waals surface area (Å²) < 4.78 is 5.16. The third kappa shape index (κ3) is 2.20. The summed E-state index contributed by atoms with van der Waals surface area (Å²) in [5.74, 6) is 0. The van der Waals surface area contributed by atoms with E-state index in [0.717, 1.165) is 6.42 Å². The Hall–Kier alpha value is -0.580. The molecule has 1 aliphatic heterocycles. The molecule has 1 rings (SSSR count). The Morgan fingerprint density at radius 1 is 1.83 bits per heavy atom. The smallest absolute Gasteiger partial charge is 0.117 e. The van der Waals surface area contributed by atoms with Gasteiger partial charge in [0, 0.05) is 5.70 Å². The molecular weight excluding hydrogens is 158 g/mol. The van der Waals surface area contributed by atoms with Gasteiger partial charge in [-0.15, -0.1) is 0 Å². The van der Waals surface area contributed by atoms with E-state index >= 15 is 0 Å². The first kappa shape index (κ1) is 9.51. The predicted octanol–water partition coefficient (Wildman–Crippen LogP) is 1.43. The van der Waals surface area contributed by atoms with Crippen molar-refractivity contribution >= 4 is 0 Å². The number of rotatable bonds is 5. The van der Waals surface area contributed by atoms with E-state index in [1.807, 2.05) is 6.92 Å². The van der Waals surface area contributed by atoms with Crippen LogP contribution in [0.15, 0.2) is 12.3 Å². The van der Waals surface area contributed by atoms with Gasteiger partial charge in [-0.25, -0.2) is 0 Å². The minimum atomic E-state index is -0.196. The van der Waals surface area contributed by atoms with Gasteiger partial charge in [0.1, 0.15) is 12.2 Å². The summed E-state index contributed by atoms with van der Waals surface area (Å²) in [6.45, 7) is 8.06. The molecule has 0 spiro atoms. The van der Waals surface area contributed by atoms with Crippen LogP contribution in [0.5, 0.6) is 0 Å². The fourth-order valence-corrected chi connectivity index (χ4v) is 0.778. The molecule has 0 aromatic heterocycles. The number of hydrogen-bond acceptors (Lipinski definition) is 4. The van der Waals surface area contributed by atoms with Crippen LogP contribution >= 0.6 is 0 Å². The number of allylic oxidation sites excluding steroid dienone is 1. The average molecular weight is 172 g/mol. The molecular formula is C8H14NO3-. The molecule has 70 valence electrons. The van der Waals surface area contributed by atoms with E-state index < -0.39 is 0 Å². The third-order valence-electron chi connectivity index (χ3n) is 1.95. The van der Waals surface area contributed by atoms with Gasteiger partial charge in [-0.05, 0) is 13.3 Å². The summed E-state index contributed by atoms with van der Waals surface area (Å²) in [4.78, 5) is 4.87. The Bertz CT molecular complexity index is 177. The molecule has 0 amide bonds. The summed E-state index contributed by atoms with van der Waals surface area (Å²) in [6, 6.07) is 0. The largest absolute Gasteiger partial charge is 0.734 e. The Morgan fingerprint density at radius 3 is 2.75 bits per heavy atom. The maximum absolute atomic E-state index is 10.9. The highest BCUT2D eigenvalue weighted by Crippen LogP contribution is 2.31. The Morgan fingerprint density at radius 2 is 2.42 bits per heavy atom. The molecule has 1 fully saturated rings. The van der Waals surface area contributed by atoms with Crippen LogP contribution in [0.4, 0.5) is 0 Å². The van der Waals surface area contributed by atoms with Crippen molar-refractivity contribution in [3.05, 3.63) is 17.5 Å². The molecule has 0 aromatic carbocycles. The minimum absolute atomic E-state index is 0.196. The van der Waals surface area contributed by atoms with Crippen LogP contribution in [0, 0.1) is 5.21 Å². The van der Waals surface area contributed by atoms with Gasteiger partial charge in [-0.2, -0.15) is 0 Å². The Balaban J connectivity index is 2.21. The van der Waals surface area contributed by atoms with Crippen molar-refractivity contribution in [1.29, 1.82) is 0 Å². The first-order valence-electron chi connectivity index (χ1n) is 3.99. The van der Waals surface area contributed by atoms with Crippen LogP contribution in [0.3, 0.4) is 0 Å². The maximum atomic E-state index is 10.9. The van der Waals surface area contributed by atoms with Gasteiger partial charge in [0.2, 0.25) is 0 Å². The standard InChI is InChI=1S/C8H14NO3/c1-4-8(5-11-8)6-12-9(10)7(2)3/h2,4-6H2,1,3H3/q-1. The van der Waals surface area contributed by atoms with E-state index in [1.165, 1.54) is 0 Å². The van der Waals surface area contributed by atoms with E-state index in [-0.39, 0.29) is 5.60 Å². The van der Waals surface area contributed by atoms with Crippen LogP contribution < -0.4 is 0 Å². The molecule has 4 heteroatoms. The van der Waals surface area contributed by atoms with Crippen molar-refractivity contribution in [3.8, 4) is 0 Å².